The van der Waals surface area contributed by atoms with Crippen LogP contribution in [0.3, 0.4) is 0 Å². The Labute approximate surface area is 199 Å². The van der Waals surface area contributed by atoms with Crippen LogP contribution in [-0.2, 0) is 9.53 Å². The summed E-state index contributed by atoms with van der Waals surface area (Å²) in [5.41, 5.74) is -0.522. The molecule has 0 amide bonds. The molecule has 0 spiro atoms. The molecular weight excluding hydrogens is 449 g/mol. The molecule has 0 radical (unpaired) electrons. The smallest absolute Gasteiger partial charge is 0.417 e. The Kier molecular flexibility index (Phi) is 7.76. The van der Waals surface area contributed by atoms with Gasteiger partial charge in [-0.05, 0) is 74.9 Å². The average Bonchev–Trinajstić information content (AvgIpc) is 3.05. The summed E-state index contributed by atoms with van der Waals surface area (Å²) in [6.45, 7) is 8.44. The summed E-state index contributed by atoms with van der Waals surface area (Å²) in [5, 5.41) is 29.7. The van der Waals surface area contributed by atoms with Crippen LogP contribution in [0.15, 0.2) is 35.5 Å². The molecule has 3 rings (SSSR count). The van der Waals surface area contributed by atoms with E-state index in [0.29, 0.717) is 25.3 Å². The molecule has 1 unspecified atom stereocenters. The molecule has 192 valence electrons. The van der Waals surface area contributed by atoms with Crippen LogP contribution in [0.25, 0.3) is 0 Å². The number of alkyl halides is 3. The molecule has 0 aromatic heterocycles. The minimum atomic E-state index is -4.91. The van der Waals surface area contributed by atoms with Gasteiger partial charge in [0.1, 0.15) is 6.10 Å². The van der Waals surface area contributed by atoms with Crippen molar-refractivity contribution in [3.63, 3.8) is 0 Å². The second kappa shape index (κ2) is 9.78. The molecule has 3 N–H and O–H groups in total. The first-order chi connectivity index (χ1) is 15.7. The summed E-state index contributed by atoms with van der Waals surface area (Å²) < 4.78 is 44.2. The number of esters is 1. The van der Waals surface area contributed by atoms with Gasteiger partial charge < -0.3 is 20.1 Å². The van der Waals surface area contributed by atoms with Crippen LogP contribution in [0.1, 0.15) is 72.1 Å². The van der Waals surface area contributed by atoms with Gasteiger partial charge in [-0.3, -0.25) is 4.79 Å². The zero-order chi connectivity index (χ0) is 25.5. The van der Waals surface area contributed by atoms with Crippen molar-refractivity contribution in [3.8, 4) is 0 Å². The Hall–Kier alpha value is -1.64. The maximum Gasteiger partial charge on any atom is 0.417 e. The Balaban J connectivity index is 1.71. The highest BCUT2D eigenvalue weighted by Crippen LogP contribution is 2.58. The van der Waals surface area contributed by atoms with E-state index in [1.165, 1.54) is 5.57 Å². The molecule has 3 fully saturated rings. The summed E-state index contributed by atoms with van der Waals surface area (Å²) in [7, 11) is 0. The van der Waals surface area contributed by atoms with E-state index in [4.69, 9.17) is 4.74 Å². The van der Waals surface area contributed by atoms with Gasteiger partial charge in [-0.1, -0.05) is 31.2 Å². The van der Waals surface area contributed by atoms with Crippen molar-refractivity contribution < 1.29 is 38.0 Å². The number of allylic oxidation sites excluding steroid dienone is 3. The maximum atomic E-state index is 12.9. The van der Waals surface area contributed by atoms with Crippen LogP contribution in [-0.4, -0.2) is 51.4 Å². The third kappa shape index (κ3) is 5.44. The molecular formula is C26H37F3O5. The molecule has 3 aliphatic carbocycles. The van der Waals surface area contributed by atoms with E-state index in [0.717, 1.165) is 37.7 Å². The molecule has 3 aliphatic rings. The molecule has 0 heterocycles. The van der Waals surface area contributed by atoms with Crippen molar-refractivity contribution in [2.75, 3.05) is 0 Å². The lowest BCUT2D eigenvalue weighted by Crippen LogP contribution is -2.45. The van der Waals surface area contributed by atoms with Gasteiger partial charge in [0.15, 0.2) is 5.60 Å². The lowest BCUT2D eigenvalue weighted by molar-refractivity contribution is -0.256. The van der Waals surface area contributed by atoms with Crippen LogP contribution in [0.2, 0.25) is 0 Å². The molecule has 0 aromatic carbocycles. The molecule has 34 heavy (non-hydrogen) atoms. The largest absolute Gasteiger partial charge is 0.462 e. The van der Waals surface area contributed by atoms with E-state index < -0.39 is 42.5 Å². The Morgan fingerprint density at radius 2 is 1.97 bits per heavy atom. The predicted octanol–water partition coefficient (Wildman–Crippen LogP) is 4.76. The Morgan fingerprint density at radius 3 is 2.62 bits per heavy atom. The van der Waals surface area contributed by atoms with E-state index in [1.807, 2.05) is 6.08 Å². The number of aliphatic hydroxyl groups is 3. The molecule has 0 aliphatic heterocycles. The standard InChI is InChI=1S/C26H37F3O5/c1-15-18(12-19(30)13-22(15)31)8-7-17-6-5-11-24(3)20(9-10-21(17)24)16(2)34-23(32)14-25(4,33)26(27,28)29/h7-8,16,19-22,30-31,33H,1,5-6,9-14H2,2-4H3/b17-7+,18-8-/t16-,19+,20+,21-,22-,24+,25?/m0/s1. The zero-order valence-electron chi connectivity index (χ0n) is 20.2. The van der Waals surface area contributed by atoms with Crippen LogP contribution in [0.4, 0.5) is 13.2 Å². The highest BCUT2D eigenvalue weighted by atomic mass is 19.4. The minimum Gasteiger partial charge on any atom is -0.462 e. The number of hydrogen-bond donors (Lipinski definition) is 3. The van der Waals surface area contributed by atoms with E-state index in [1.54, 1.807) is 6.92 Å². The second-order valence-electron chi connectivity index (χ2n) is 10.8. The van der Waals surface area contributed by atoms with Gasteiger partial charge >= 0.3 is 12.1 Å². The first-order valence-corrected chi connectivity index (χ1v) is 12.1. The SMILES string of the molecule is C=C1/C(=C\C=C2/CCC[C@]3(C)[C@@H]([C@H](C)OC(=O)CC(C)(O)C(F)(F)F)CC[C@@H]23)C[C@@H](O)C[C@@H]1O. The van der Waals surface area contributed by atoms with E-state index in [2.05, 4.69) is 19.6 Å². The van der Waals surface area contributed by atoms with Gasteiger partial charge in [-0.25, -0.2) is 0 Å². The van der Waals surface area contributed by atoms with Crippen LogP contribution in [0.5, 0.6) is 0 Å². The fourth-order valence-corrected chi connectivity index (χ4v) is 6.23. The number of carbonyl (C=O) groups excluding carboxylic acids is 1. The van der Waals surface area contributed by atoms with Crippen molar-refractivity contribution in [3.05, 3.63) is 35.5 Å². The van der Waals surface area contributed by atoms with Crippen molar-refractivity contribution in [1.29, 1.82) is 0 Å². The number of aliphatic hydroxyl groups excluding tert-OH is 2. The summed E-state index contributed by atoms with van der Waals surface area (Å²) in [6.07, 6.45) is 1.34. The number of rotatable bonds is 5. The van der Waals surface area contributed by atoms with E-state index in [9.17, 15) is 33.3 Å². The lowest BCUT2D eigenvalue weighted by atomic mass is 9.62. The summed E-state index contributed by atoms with van der Waals surface area (Å²) in [4.78, 5) is 12.2. The van der Waals surface area contributed by atoms with Gasteiger partial charge in [0, 0.05) is 12.3 Å². The summed E-state index contributed by atoms with van der Waals surface area (Å²) >= 11 is 0. The molecule has 0 aromatic rings. The number of fused-ring (bicyclic) bond motifs is 1. The molecule has 0 saturated heterocycles. The highest BCUT2D eigenvalue weighted by molar-refractivity contribution is 5.71. The fraction of sp³-hybridized carbons (Fsp3) is 0.731. The third-order valence-electron chi connectivity index (χ3n) is 8.29. The summed E-state index contributed by atoms with van der Waals surface area (Å²) in [6, 6.07) is 0. The lowest BCUT2D eigenvalue weighted by Gasteiger charge is -2.44. The van der Waals surface area contributed by atoms with Gasteiger partial charge in [-0.15, -0.1) is 0 Å². The molecule has 8 heteroatoms. The second-order valence-corrected chi connectivity index (χ2v) is 10.8. The van der Waals surface area contributed by atoms with E-state index in [-0.39, 0.29) is 17.3 Å². The number of ether oxygens (including phenoxy) is 1. The quantitative estimate of drug-likeness (QED) is 0.488. The van der Waals surface area contributed by atoms with E-state index >= 15 is 0 Å². The van der Waals surface area contributed by atoms with Crippen LogP contribution in [0, 0.1) is 17.3 Å². The summed E-state index contributed by atoms with van der Waals surface area (Å²) in [5.74, 6) is -0.790. The zero-order valence-corrected chi connectivity index (χ0v) is 20.2. The van der Waals surface area contributed by atoms with Gasteiger partial charge in [0.25, 0.3) is 0 Å². The van der Waals surface area contributed by atoms with Crippen LogP contribution < -0.4 is 0 Å². The Morgan fingerprint density at radius 1 is 1.29 bits per heavy atom. The normalized spacial score (nSPS) is 37.4. The van der Waals surface area contributed by atoms with Gasteiger partial charge in [0.2, 0.25) is 0 Å². The number of carbonyl (C=O) groups is 1. The first-order valence-electron chi connectivity index (χ1n) is 12.1. The van der Waals surface area contributed by atoms with Crippen molar-refractivity contribution in [2.24, 2.45) is 17.3 Å². The predicted molar refractivity (Wildman–Crippen MR) is 122 cm³/mol. The van der Waals surface area contributed by atoms with Crippen molar-refractivity contribution >= 4 is 5.97 Å². The molecule has 3 saturated carbocycles. The first kappa shape index (κ1) is 27.0. The van der Waals surface area contributed by atoms with Crippen molar-refractivity contribution in [1.82, 2.24) is 0 Å². The van der Waals surface area contributed by atoms with Gasteiger partial charge in [-0.2, -0.15) is 13.2 Å². The third-order valence-corrected chi connectivity index (χ3v) is 8.29. The minimum absolute atomic E-state index is 0.00179. The Bertz CT molecular complexity index is 859. The molecule has 7 atom stereocenters. The monoisotopic (exact) mass is 486 g/mol. The average molecular weight is 487 g/mol. The fourth-order valence-electron chi connectivity index (χ4n) is 6.23. The van der Waals surface area contributed by atoms with Crippen molar-refractivity contribution in [2.45, 2.75) is 102 Å². The topological polar surface area (TPSA) is 87.0 Å². The maximum absolute atomic E-state index is 12.9. The number of halogens is 3. The van der Waals surface area contributed by atoms with Crippen LogP contribution >= 0.6 is 0 Å². The molecule has 0 bridgehead atoms. The van der Waals surface area contributed by atoms with Gasteiger partial charge in [0.05, 0.1) is 18.6 Å². The molecule has 5 nitrogen and oxygen atoms in total. The number of hydrogen-bond acceptors (Lipinski definition) is 5. The highest BCUT2D eigenvalue weighted by Gasteiger charge is 2.53.